The highest BCUT2D eigenvalue weighted by Crippen LogP contribution is 2.24. The second-order valence-corrected chi connectivity index (χ2v) is 7.18. The lowest BCUT2D eigenvalue weighted by Gasteiger charge is -2.32. The van der Waals surface area contributed by atoms with Crippen LogP contribution in [0.2, 0.25) is 0 Å². The number of carbonyl (C=O) groups is 2. The summed E-state index contributed by atoms with van der Waals surface area (Å²) in [5.74, 6) is 0.168. The smallest absolute Gasteiger partial charge is 0.321 e. The number of rotatable bonds is 6. The van der Waals surface area contributed by atoms with Crippen LogP contribution in [0, 0.1) is 12.8 Å². The molecule has 1 fully saturated rings. The van der Waals surface area contributed by atoms with Crippen LogP contribution in [-0.4, -0.2) is 44.9 Å². The number of nitrogens with zero attached hydrogens (tertiary/aromatic N) is 3. The molecule has 0 aliphatic carbocycles. The molecular weight excluding hydrogens is 358 g/mol. The molecule has 0 unspecified atom stereocenters. The third kappa shape index (κ3) is 4.89. The van der Waals surface area contributed by atoms with Crippen molar-refractivity contribution in [2.24, 2.45) is 5.92 Å². The molecular formula is C20H27N5O3. The largest absolute Gasteiger partial charge is 0.325 e. The van der Waals surface area contributed by atoms with E-state index in [0.29, 0.717) is 31.1 Å². The Labute approximate surface area is 164 Å². The molecule has 1 saturated heterocycles. The van der Waals surface area contributed by atoms with E-state index in [1.807, 2.05) is 46.8 Å². The fourth-order valence-electron chi connectivity index (χ4n) is 3.59. The maximum Gasteiger partial charge on any atom is 0.321 e. The van der Waals surface area contributed by atoms with Gasteiger partial charge in [-0.15, -0.1) is 0 Å². The molecule has 150 valence electrons. The van der Waals surface area contributed by atoms with Crippen molar-refractivity contribution in [3.63, 3.8) is 0 Å². The summed E-state index contributed by atoms with van der Waals surface area (Å²) in [4.78, 5) is 25.5. The molecule has 1 aromatic carbocycles. The predicted octanol–water partition coefficient (Wildman–Crippen LogP) is 3.10. The maximum absolute atomic E-state index is 12.6. The molecule has 3 N–H and O–H groups in total. The van der Waals surface area contributed by atoms with Gasteiger partial charge in [0.15, 0.2) is 0 Å². The first-order chi connectivity index (χ1) is 13.6. The molecule has 0 spiro atoms. The van der Waals surface area contributed by atoms with Crippen molar-refractivity contribution < 1.29 is 14.8 Å². The van der Waals surface area contributed by atoms with Crippen molar-refractivity contribution in [1.82, 2.24) is 20.2 Å². The number of piperidine rings is 1. The Kier molecular flexibility index (Phi) is 6.65. The molecule has 2 aromatic rings. The quantitative estimate of drug-likeness (QED) is 0.525. The minimum absolute atomic E-state index is 0.103. The van der Waals surface area contributed by atoms with Gasteiger partial charge in [0.05, 0.1) is 23.3 Å². The number of aromatic nitrogens is 2. The summed E-state index contributed by atoms with van der Waals surface area (Å²) in [5.41, 5.74) is 4.21. The van der Waals surface area contributed by atoms with Crippen LogP contribution in [0.5, 0.6) is 0 Å². The number of nitrogens with one attached hydrogen (secondary N) is 2. The number of hydrogen-bond donors (Lipinski definition) is 3. The van der Waals surface area contributed by atoms with Crippen LogP contribution in [0.4, 0.5) is 10.5 Å². The standard InChI is InChI=1S/C20H27N5O3/c1-15-18(14-21-25(15)17-7-3-2-4-8-17)22-20(27)24-12-10-16(11-13-24)6-5-9-19(26)23-28/h2-4,7-8,14,16,28H,5-6,9-13H2,1H3,(H,22,27)(H,23,26). The summed E-state index contributed by atoms with van der Waals surface area (Å²) in [5, 5.41) is 15.9. The monoisotopic (exact) mass is 385 g/mol. The number of carbonyl (C=O) groups excluding carboxylic acids is 2. The molecule has 8 heteroatoms. The second-order valence-electron chi connectivity index (χ2n) is 7.18. The van der Waals surface area contributed by atoms with E-state index in [-0.39, 0.29) is 11.9 Å². The van der Waals surface area contributed by atoms with Crippen molar-refractivity contribution in [2.75, 3.05) is 18.4 Å². The molecule has 3 amide bonds. The number of amides is 3. The lowest BCUT2D eigenvalue weighted by Crippen LogP contribution is -2.41. The first kappa shape index (κ1) is 19.9. The molecule has 1 aliphatic heterocycles. The molecule has 28 heavy (non-hydrogen) atoms. The van der Waals surface area contributed by atoms with Gasteiger partial charge in [-0.2, -0.15) is 5.10 Å². The van der Waals surface area contributed by atoms with E-state index in [1.165, 1.54) is 0 Å². The zero-order chi connectivity index (χ0) is 19.9. The highest BCUT2D eigenvalue weighted by atomic mass is 16.5. The topological polar surface area (TPSA) is 99.5 Å². The second kappa shape index (κ2) is 9.36. The van der Waals surface area contributed by atoms with Crippen LogP contribution in [0.1, 0.15) is 37.8 Å². The number of likely N-dealkylation sites (tertiary alicyclic amines) is 1. The van der Waals surface area contributed by atoms with E-state index in [0.717, 1.165) is 37.1 Å². The van der Waals surface area contributed by atoms with Gasteiger partial charge in [-0.25, -0.2) is 15.0 Å². The normalized spacial score (nSPS) is 14.7. The molecule has 2 heterocycles. The SMILES string of the molecule is Cc1c(NC(=O)N2CCC(CCCC(=O)NO)CC2)cnn1-c1ccccc1. The molecule has 0 saturated carbocycles. The number of para-hydroxylation sites is 1. The summed E-state index contributed by atoms with van der Waals surface area (Å²) in [7, 11) is 0. The summed E-state index contributed by atoms with van der Waals surface area (Å²) >= 11 is 0. The van der Waals surface area contributed by atoms with Crippen LogP contribution in [0.3, 0.4) is 0 Å². The Hall–Kier alpha value is -2.87. The van der Waals surface area contributed by atoms with E-state index in [9.17, 15) is 9.59 Å². The van der Waals surface area contributed by atoms with Crippen molar-refractivity contribution in [1.29, 1.82) is 0 Å². The van der Waals surface area contributed by atoms with Gasteiger partial charge < -0.3 is 10.2 Å². The summed E-state index contributed by atoms with van der Waals surface area (Å²) in [6.45, 7) is 3.34. The summed E-state index contributed by atoms with van der Waals surface area (Å²) in [6, 6.07) is 9.70. The highest BCUT2D eigenvalue weighted by molar-refractivity contribution is 5.89. The van der Waals surface area contributed by atoms with Gasteiger partial charge in [-0.1, -0.05) is 18.2 Å². The predicted molar refractivity (Wildman–Crippen MR) is 105 cm³/mol. The molecule has 3 rings (SSSR count). The number of urea groups is 1. The average Bonchev–Trinajstić information content (AvgIpc) is 3.09. The summed E-state index contributed by atoms with van der Waals surface area (Å²) in [6.07, 6.45) is 5.56. The lowest BCUT2D eigenvalue weighted by atomic mass is 9.91. The molecule has 0 radical (unpaired) electrons. The van der Waals surface area contributed by atoms with Gasteiger partial charge in [0, 0.05) is 19.5 Å². The first-order valence-electron chi connectivity index (χ1n) is 9.67. The molecule has 1 aliphatic rings. The molecule has 1 aromatic heterocycles. The number of hydroxylamine groups is 1. The number of anilines is 1. The molecule has 0 bridgehead atoms. The van der Waals surface area contributed by atoms with E-state index in [4.69, 9.17) is 5.21 Å². The van der Waals surface area contributed by atoms with Gasteiger partial charge in [0.2, 0.25) is 5.91 Å². The fourth-order valence-corrected chi connectivity index (χ4v) is 3.59. The zero-order valence-corrected chi connectivity index (χ0v) is 16.1. The summed E-state index contributed by atoms with van der Waals surface area (Å²) < 4.78 is 1.81. The van der Waals surface area contributed by atoms with Gasteiger partial charge in [0.1, 0.15) is 0 Å². The zero-order valence-electron chi connectivity index (χ0n) is 16.1. The average molecular weight is 385 g/mol. The van der Waals surface area contributed by atoms with Crippen molar-refractivity contribution in [3.05, 3.63) is 42.2 Å². The van der Waals surface area contributed by atoms with Crippen LogP contribution in [0.15, 0.2) is 36.5 Å². The number of benzene rings is 1. The van der Waals surface area contributed by atoms with Crippen molar-refractivity contribution in [2.45, 2.75) is 39.0 Å². The third-order valence-electron chi connectivity index (χ3n) is 5.29. The van der Waals surface area contributed by atoms with E-state index >= 15 is 0 Å². The Bertz CT molecular complexity index is 797. The minimum Gasteiger partial charge on any atom is -0.325 e. The Morgan fingerprint density at radius 1 is 1.21 bits per heavy atom. The van der Waals surface area contributed by atoms with Crippen molar-refractivity contribution >= 4 is 17.6 Å². The van der Waals surface area contributed by atoms with Crippen LogP contribution >= 0.6 is 0 Å². The van der Waals surface area contributed by atoms with Crippen LogP contribution in [-0.2, 0) is 4.79 Å². The Morgan fingerprint density at radius 3 is 2.61 bits per heavy atom. The van der Waals surface area contributed by atoms with E-state index in [1.54, 1.807) is 11.7 Å². The number of hydrogen-bond acceptors (Lipinski definition) is 4. The van der Waals surface area contributed by atoms with E-state index < -0.39 is 0 Å². The fraction of sp³-hybridized carbons (Fsp3) is 0.450. The molecule has 8 nitrogen and oxygen atoms in total. The minimum atomic E-state index is -0.344. The Balaban J connectivity index is 1.49. The first-order valence-corrected chi connectivity index (χ1v) is 9.67. The van der Waals surface area contributed by atoms with Gasteiger partial charge in [0.25, 0.3) is 0 Å². The highest BCUT2D eigenvalue weighted by Gasteiger charge is 2.23. The van der Waals surface area contributed by atoms with Crippen LogP contribution in [0.25, 0.3) is 5.69 Å². The van der Waals surface area contributed by atoms with E-state index in [2.05, 4.69) is 10.4 Å². The Morgan fingerprint density at radius 2 is 1.93 bits per heavy atom. The molecule has 0 atom stereocenters. The lowest BCUT2D eigenvalue weighted by molar-refractivity contribution is -0.129. The maximum atomic E-state index is 12.6. The van der Waals surface area contributed by atoms with Gasteiger partial charge >= 0.3 is 6.03 Å². The third-order valence-corrected chi connectivity index (χ3v) is 5.29. The van der Waals surface area contributed by atoms with Crippen LogP contribution < -0.4 is 10.8 Å². The van der Waals surface area contributed by atoms with Crippen molar-refractivity contribution in [3.8, 4) is 5.69 Å². The van der Waals surface area contributed by atoms with Gasteiger partial charge in [-0.3, -0.25) is 10.0 Å². The van der Waals surface area contributed by atoms with Gasteiger partial charge in [-0.05, 0) is 50.7 Å².